The average Bonchev–Trinajstić information content (AvgIpc) is 2.99. The highest BCUT2D eigenvalue weighted by Gasteiger charge is 2.18. The molecule has 1 aliphatic heterocycles. The summed E-state index contributed by atoms with van der Waals surface area (Å²) < 4.78 is 11.2. The standard InChI is InChI=1S/C18H20N2O2/c1-2-13-10-15(21-12-16-11-20-18(19)22-16)8-9-17(13)14-6-4-3-5-7-14/h3-10,16H,2,11-12H2,1H3,(H2,19,20)/t16-/m0/s1. The highest BCUT2D eigenvalue weighted by Crippen LogP contribution is 2.28. The first kappa shape index (κ1) is 14.4. The predicted molar refractivity (Wildman–Crippen MR) is 88.1 cm³/mol. The van der Waals surface area contributed by atoms with Gasteiger partial charge in [-0.25, -0.2) is 4.99 Å². The van der Waals surface area contributed by atoms with E-state index in [9.17, 15) is 0 Å². The van der Waals surface area contributed by atoms with Gasteiger partial charge >= 0.3 is 0 Å². The molecule has 1 atom stereocenters. The van der Waals surface area contributed by atoms with Crippen molar-refractivity contribution in [3.05, 3.63) is 54.1 Å². The van der Waals surface area contributed by atoms with Crippen LogP contribution in [0.15, 0.2) is 53.5 Å². The van der Waals surface area contributed by atoms with Crippen LogP contribution in [0.5, 0.6) is 5.75 Å². The van der Waals surface area contributed by atoms with Crippen molar-refractivity contribution in [3.8, 4) is 16.9 Å². The summed E-state index contributed by atoms with van der Waals surface area (Å²) in [6, 6.07) is 16.9. The van der Waals surface area contributed by atoms with E-state index in [1.54, 1.807) is 0 Å². The Labute approximate surface area is 130 Å². The van der Waals surface area contributed by atoms with Gasteiger partial charge in [-0.15, -0.1) is 0 Å². The summed E-state index contributed by atoms with van der Waals surface area (Å²) in [7, 11) is 0. The molecule has 0 amide bonds. The molecule has 0 bridgehead atoms. The predicted octanol–water partition coefficient (Wildman–Crippen LogP) is 3.01. The lowest BCUT2D eigenvalue weighted by Gasteiger charge is -2.14. The Morgan fingerprint density at radius 3 is 2.73 bits per heavy atom. The van der Waals surface area contributed by atoms with Crippen molar-refractivity contribution in [2.24, 2.45) is 10.7 Å². The zero-order chi connectivity index (χ0) is 15.4. The molecule has 2 aromatic rings. The van der Waals surface area contributed by atoms with Gasteiger partial charge in [0.2, 0.25) is 0 Å². The van der Waals surface area contributed by atoms with E-state index in [-0.39, 0.29) is 12.1 Å². The summed E-state index contributed by atoms with van der Waals surface area (Å²) in [5, 5.41) is 0. The van der Waals surface area contributed by atoms with E-state index in [4.69, 9.17) is 15.2 Å². The van der Waals surface area contributed by atoms with Crippen LogP contribution in [-0.4, -0.2) is 25.3 Å². The normalized spacial score (nSPS) is 17.0. The van der Waals surface area contributed by atoms with E-state index in [2.05, 4.69) is 48.3 Å². The van der Waals surface area contributed by atoms with Gasteiger partial charge in [-0.3, -0.25) is 0 Å². The summed E-state index contributed by atoms with van der Waals surface area (Å²) in [5.74, 6) is 0.852. The molecule has 114 valence electrons. The molecular formula is C18H20N2O2. The number of aliphatic imine (C=N–C) groups is 1. The first-order valence-corrected chi connectivity index (χ1v) is 7.54. The molecule has 3 rings (SSSR count). The van der Waals surface area contributed by atoms with Gasteiger partial charge in [-0.2, -0.15) is 0 Å². The minimum Gasteiger partial charge on any atom is -0.490 e. The second-order valence-corrected chi connectivity index (χ2v) is 5.27. The third-order valence-electron chi connectivity index (χ3n) is 3.72. The highest BCUT2D eigenvalue weighted by molar-refractivity contribution is 5.73. The quantitative estimate of drug-likeness (QED) is 0.922. The van der Waals surface area contributed by atoms with Crippen LogP contribution in [0.25, 0.3) is 11.1 Å². The van der Waals surface area contributed by atoms with Crippen LogP contribution in [0.2, 0.25) is 0 Å². The molecule has 2 N–H and O–H groups in total. The number of ether oxygens (including phenoxy) is 2. The number of amidine groups is 1. The summed E-state index contributed by atoms with van der Waals surface area (Å²) in [4.78, 5) is 4.01. The van der Waals surface area contributed by atoms with Crippen LogP contribution in [-0.2, 0) is 11.2 Å². The fourth-order valence-electron chi connectivity index (χ4n) is 2.56. The molecule has 0 saturated heterocycles. The topological polar surface area (TPSA) is 56.8 Å². The Kier molecular flexibility index (Phi) is 4.28. The number of aryl methyl sites for hydroxylation is 1. The highest BCUT2D eigenvalue weighted by atomic mass is 16.5. The fourth-order valence-corrected chi connectivity index (χ4v) is 2.56. The van der Waals surface area contributed by atoms with Crippen LogP contribution in [0, 0.1) is 0 Å². The Balaban J connectivity index is 1.72. The van der Waals surface area contributed by atoms with Crippen molar-refractivity contribution >= 4 is 6.02 Å². The van der Waals surface area contributed by atoms with Gasteiger partial charge in [0.05, 0.1) is 6.54 Å². The Morgan fingerprint density at radius 2 is 2.05 bits per heavy atom. The van der Waals surface area contributed by atoms with Crippen molar-refractivity contribution in [1.29, 1.82) is 0 Å². The van der Waals surface area contributed by atoms with Crippen molar-refractivity contribution in [2.45, 2.75) is 19.4 Å². The van der Waals surface area contributed by atoms with Crippen LogP contribution in [0.3, 0.4) is 0 Å². The lowest BCUT2D eigenvalue weighted by molar-refractivity contribution is 0.141. The van der Waals surface area contributed by atoms with E-state index >= 15 is 0 Å². The second kappa shape index (κ2) is 6.52. The maximum atomic E-state index is 5.82. The van der Waals surface area contributed by atoms with Gasteiger partial charge in [0.15, 0.2) is 6.10 Å². The van der Waals surface area contributed by atoms with Crippen molar-refractivity contribution in [3.63, 3.8) is 0 Å². The zero-order valence-corrected chi connectivity index (χ0v) is 12.7. The van der Waals surface area contributed by atoms with Crippen LogP contribution in [0.4, 0.5) is 0 Å². The van der Waals surface area contributed by atoms with E-state index in [1.165, 1.54) is 16.7 Å². The fraction of sp³-hybridized carbons (Fsp3) is 0.278. The number of hydrogen-bond donors (Lipinski definition) is 1. The first-order chi connectivity index (χ1) is 10.8. The van der Waals surface area contributed by atoms with Gasteiger partial charge in [0.25, 0.3) is 6.02 Å². The van der Waals surface area contributed by atoms with E-state index in [0.29, 0.717) is 13.2 Å². The number of nitrogens with zero attached hydrogens (tertiary/aromatic N) is 1. The number of benzene rings is 2. The van der Waals surface area contributed by atoms with Gasteiger partial charge in [-0.1, -0.05) is 43.3 Å². The van der Waals surface area contributed by atoms with Crippen molar-refractivity contribution < 1.29 is 9.47 Å². The number of nitrogens with two attached hydrogens (primary N) is 1. The monoisotopic (exact) mass is 296 g/mol. The number of rotatable bonds is 5. The minimum absolute atomic E-state index is 0.0844. The lowest BCUT2D eigenvalue weighted by atomic mass is 9.98. The zero-order valence-electron chi connectivity index (χ0n) is 12.7. The molecule has 0 spiro atoms. The maximum Gasteiger partial charge on any atom is 0.282 e. The molecule has 2 aromatic carbocycles. The Morgan fingerprint density at radius 1 is 1.23 bits per heavy atom. The lowest BCUT2D eigenvalue weighted by Crippen LogP contribution is -2.24. The molecule has 0 aliphatic carbocycles. The number of hydrogen-bond acceptors (Lipinski definition) is 4. The largest absolute Gasteiger partial charge is 0.490 e. The van der Waals surface area contributed by atoms with E-state index in [0.717, 1.165) is 12.2 Å². The van der Waals surface area contributed by atoms with Crippen molar-refractivity contribution in [1.82, 2.24) is 0 Å². The summed E-state index contributed by atoms with van der Waals surface area (Å²) >= 11 is 0. The molecule has 1 aliphatic rings. The molecule has 4 nitrogen and oxygen atoms in total. The first-order valence-electron chi connectivity index (χ1n) is 7.54. The average molecular weight is 296 g/mol. The molecule has 4 heteroatoms. The minimum atomic E-state index is -0.0844. The molecular weight excluding hydrogens is 276 g/mol. The van der Waals surface area contributed by atoms with Gasteiger partial charge in [0.1, 0.15) is 12.4 Å². The van der Waals surface area contributed by atoms with E-state index < -0.39 is 0 Å². The molecule has 22 heavy (non-hydrogen) atoms. The Bertz CT molecular complexity index is 668. The molecule has 1 heterocycles. The van der Waals surface area contributed by atoms with E-state index in [1.807, 2.05) is 12.1 Å². The van der Waals surface area contributed by atoms with Gasteiger partial charge in [-0.05, 0) is 35.2 Å². The third-order valence-corrected chi connectivity index (χ3v) is 3.72. The summed E-state index contributed by atoms with van der Waals surface area (Å²) in [5.41, 5.74) is 9.24. The van der Waals surface area contributed by atoms with Crippen molar-refractivity contribution in [2.75, 3.05) is 13.2 Å². The molecule has 0 aromatic heterocycles. The second-order valence-electron chi connectivity index (χ2n) is 5.27. The summed E-state index contributed by atoms with van der Waals surface area (Å²) in [6.45, 7) is 3.17. The molecule has 0 unspecified atom stereocenters. The van der Waals surface area contributed by atoms with Crippen LogP contribution < -0.4 is 10.5 Å². The van der Waals surface area contributed by atoms with Crippen LogP contribution in [0.1, 0.15) is 12.5 Å². The molecule has 0 radical (unpaired) electrons. The van der Waals surface area contributed by atoms with Gasteiger partial charge < -0.3 is 15.2 Å². The van der Waals surface area contributed by atoms with Crippen LogP contribution >= 0.6 is 0 Å². The SMILES string of the molecule is CCc1cc(OC[C@@H]2CN=C(N)O2)ccc1-c1ccccc1. The maximum absolute atomic E-state index is 5.82. The third kappa shape index (κ3) is 3.22. The van der Waals surface area contributed by atoms with Gasteiger partial charge in [0, 0.05) is 0 Å². The smallest absolute Gasteiger partial charge is 0.282 e. The summed E-state index contributed by atoms with van der Waals surface area (Å²) in [6.07, 6.45) is 0.871. The molecule has 0 saturated carbocycles. The molecule has 0 fully saturated rings. The Hall–Kier alpha value is -2.49.